The van der Waals surface area contributed by atoms with E-state index < -0.39 is 0 Å². The molecule has 224 valence electrons. The van der Waals surface area contributed by atoms with Crippen LogP contribution in [0.3, 0.4) is 0 Å². The number of anilines is 3. The molecule has 46 heavy (non-hydrogen) atoms. The van der Waals surface area contributed by atoms with Crippen molar-refractivity contribution in [1.82, 2.24) is 0 Å². The number of hydrogen-bond acceptors (Lipinski definition) is 1. The highest BCUT2D eigenvalue weighted by atomic mass is 15.1. The van der Waals surface area contributed by atoms with Crippen molar-refractivity contribution in [2.75, 3.05) is 4.90 Å². The van der Waals surface area contributed by atoms with Gasteiger partial charge in [0.1, 0.15) is 0 Å². The summed E-state index contributed by atoms with van der Waals surface area (Å²) in [6, 6.07) is 48.2. The Morgan fingerprint density at radius 1 is 0.304 bits per heavy atom. The van der Waals surface area contributed by atoms with Crippen LogP contribution in [0.4, 0.5) is 17.1 Å². The molecule has 0 fully saturated rings. The van der Waals surface area contributed by atoms with Crippen LogP contribution in [0.5, 0.6) is 0 Å². The summed E-state index contributed by atoms with van der Waals surface area (Å²) in [5.41, 5.74) is 19.9. The minimum absolute atomic E-state index is 0.0258. The van der Waals surface area contributed by atoms with Gasteiger partial charge in [0.05, 0.1) is 0 Å². The zero-order chi connectivity index (χ0) is 31.6. The topological polar surface area (TPSA) is 3.24 Å². The van der Waals surface area contributed by atoms with E-state index in [0.29, 0.717) is 0 Å². The summed E-state index contributed by atoms with van der Waals surface area (Å²) in [6.45, 7) is 14.2. The fourth-order valence-corrected chi connectivity index (χ4v) is 8.96. The Balaban J connectivity index is 1.27. The number of rotatable bonds is 3. The van der Waals surface area contributed by atoms with Gasteiger partial charge >= 0.3 is 0 Å². The Bertz CT molecular complexity index is 2140. The van der Waals surface area contributed by atoms with Crippen LogP contribution in [0.2, 0.25) is 0 Å². The Morgan fingerprint density at radius 3 is 1.11 bits per heavy atom. The van der Waals surface area contributed by atoms with Gasteiger partial charge in [0, 0.05) is 33.3 Å². The van der Waals surface area contributed by atoms with Gasteiger partial charge in [-0.25, -0.2) is 0 Å². The molecule has 0 aliphatic heterocycles. The maximum atomic E-state index is 2.49. The van der Waals surface area contributed by atoms with Gasteiger partial charge < -0.3 is 4.90 Å². The van der Waals surface area contributed by atoms with E-state index in [2.05, 4.69) is 174 Å². The van der Waals surface area contributed by atoms with Gasteiger partial charge in [0.25, 0.3) is 0 Å². The lowest BCUT2D eigenvalue weighted by atomic mass is 9.82. The van der Waals surface area contributed by atoms with E-state index in [-0.39, 0.29) is 16.2 Å². The molecule has 0 radical (unpaired) electrons. The molecular formula is C45H39N. The van der Waals surface area contributed by atoms with Gasteiger partial charge in [-0.2, -0.15) is 0 Å². The van der Waals surface area contributed by atoms with Gasteiger partial charge in [-0.15, -0.1) is 0 Å². The summed E-state index contributed by atoms with van der Waals surface area (Å²) < 4.78 is 0. The van der Waals surface area contributed by atoms with E-state index in [0.717, 1.165) is 0 Å². The lowest BCUT2D eigenvalue weighted by Gasteiger charge is -2.30. The number of benzene rings is 6. The SMILES string of the molecule is CC1(C)c2ccccc2-c2cc(N(c3ccc4c(c3)C(C)(C)c3ccccc3-4)c3ccc4c(c3)C(C)(C)c3ccccc3-4)ccc21. The first-order valence-corrected chi connectivity index (χ1v) is 16.6. The monoisotopic (exact) mass is 593 g/mol. The second kappa shape index (κ2) is 9.10. The summed E-state index contributed by atoms with van der Waals surface area (Å²) in [7, 11) is 0. The molecule has 1 nitrogen and oxygen atoms in total. The molecule has 0 aromatic heterocycles. The minimum atomic E-state index is -0.0733. The molecule has 0 heterocycles. The van der Waals surface area contributed by atoms with Crippen LogP contribution < -0.4 is 4.90 Å². The summed E-state index contributed by atoms with van der Waals surface area (Å²) in [4.78, 5) is 2.49. The van der Waals surface area contributed by atoms with Crippen LogP contribution in [0.25, 0.3) is 33.4 Å². The third kappa shape index (κ3) is 3.52. The normalized spacial score (nSPS) is 16.6. The minimum Gasteiger partial charge on any atom is -0.310 e. The lowest BCUT2D eigenvalue weighted by Crippen LogP contribution is -2.18. The van der Waals surface area contributed by atoms with Crippen LogP contribution in [-0.4, -0.2) is 0 Å². The maximum absolute atomic E-state index is 2.49. The van der Waals surface area contributed by atoms with Crippen LogP contribution in [0, 0.1) is 0 Å². The highest BCUT2D eigenvalue weighted by Crippen LogP contribution is 2.54. The van der Waals surface area contributed by atoms with Gasteiger partial charge in [-0.05, 0) is 103 Å². The standard InChI is InChI=1S/C45H39N/c1-43(2)39-18-12-9-15-33(39)36-25-28(21-24-40(36)43)46(29-19-22-34-31-13-7-10-16-37(31)44(3,4)41(34)26-29)30-20-23-35-32-14-8-11-17-38(32)45(5,6)42(35)27-30/h7-27H,1-6H3. The highest BCUT2D eigenvalue weighted by Gasteiger charge is 2.39. The van der Waals surface area contributed by atoms with Gasteiger partial charge in [0.2, 0.25) is 0 Å². The summed E-state index contributed by atoms with van der Waals surface area (Å²) >= 11 is 0. The van der Waals surface area contributed by atoms with E-state index in [1.807, 2.05) is 0 Å². The molecule has 0 bridgehead atoms. The summed E-state index contributed by atoms with van der Waals surface area (Å²) in [5, 5.41) is 0. The quantitative estimate of drug-likeness (QED) is 0.197. The third-order valence-corrected chi connectivity index (χ3v) is 11.5. The average Bonchev–Trinajstić information content (AvgIpc) is 3.54. The third-order valence-electron chi connectivity index (χ3n) is 11.5. The molecule has 0 unspecified atom stereocenters. The molecule has 0 atom stereocenters. The average molecular weight is 594 g/mol. The highest BCUT2D eigenvalue weighted by molar-refractivity contribution is 5.90. The van der Waals surface area contributed by atoms with Crippen LogP contribution >= 0.6 is 0 Å². The lowest BCUT2D eigenvalue weighted by molar-refractivity contribution is 0.659. The van der Waals surface area contributed by atoms with Crippen molar-refractivity contribution < 1.29 is 0 Å². The van der Waals surface area contributed by atoms with Crippen molar-refractivity contribution in [2.45, 2.75) is 57.8 Å². The van der Waals surface area contributed by atoms with Gasteiger partial charge in [-0.3, -0.25) is 0 Å². The molecule has 9 rings (SSSR count). The zero-order valence-corrected chi connectivity index (χ0v) is 27.6. The predicted octanol–water partition coefficient (Wildman–Crippen LogP) is 12.1. The molecule has 0 saturated heterocycles. The fourth-order valence-electron chi connectivity index (χ4n) is 8.96. The second-order valence-corrected chi connectivity index (χ2v) is 15.0. The first-order valence-electron chi connectivity index (χ1n) is 16.6. The van der Waals surface area contributed by atoms with Crippen molar-refractivity contribution in [3.05, 3.63) is 161 Å². The van der Waals surface area contributed by atoms with Gasteiger partial charge in [0.15, 0.2) is 0 Å². The molecule has 0 saturated carbocycles. The smallest absolute Gasteiger partial charge is 0.0468 e. The number of nitrogens with zero attached hydrogens (tertiary/aromatic N) is 1. The molecule has 0 spiro atoms. The van der Waals surface area contributed by atoms with E-state index >= 15 is 0 Å². The Hall–Kier alpha value is -4.88. The molecular weight excluding hydrogens is 555 g/mol. The second-order valence-electron chi connectivity index (χ2n) is 15.0. The van der Waals surface area contributed by atoms with Crippen molar-refractivity contribution >= 4 is 17.1 Å². The van der Waals surface area contributed by atoms with Gasteiger partial charge in [-0.1, -0.05) is 133 Å². The molecule has 0 amide bonds. The van der Waals surface area contributed by atoms with Crippen molar-refractivity contribution in [3.8, 4) is 33.4 Å². The van der Waals surface area contributed by atoms with Crippen LogP contribution in [0.1, 0.15) is 74.9 Å². The first kappa shape index (κ1) is 27.4. The van der Waals surface area contributed by atoms with Crippen molar-refractivity contribution in [3.63, 3.8) is 0 Å². The molecule has 6 aromatic rings. The molecule has 3 aliphatic rings. The zero-order valence-electron chi connectivity index (χ0n) is 27.6. The van der Waals surface area contributed by atoms with E-state index in [4.69, 9.17) is 0 Å². The molecule has 0 N–H and O–H groups in total. The van der Waals surface area contributed by atoms with Crippen LogP contribution in [0.15, 0.2) is 127 Å². The summed E-state index contributed by atoms with van der Waals surface area (Å²) in [6.07, 6.45) is 0. The van der Waals surface area contributed by atoms with E-state index in [1.54, 1.807) is 0 Å². The Labute approximate surface area is 273 Å². The van der Waals surface area contributed by atoms with Crippen LogP contribution in [-0.2, 0) is 16.2 Å². The first-order chi connectivity index (χ1) is 22.1. The molecule has 6 aromatic carbocycles. The largest absolute Gasteiger partial charge is 0.310 e. The number of hydrogen-bond donors (Lipinski definition) is 0. The molecule has 3 aliphatic carbocycles. The fraction of sp³-hybridized carbons (Fsp3) is 0.200. The Morgan fingerprint density at radius 2 is 0.630 bits per heavy atom. The Kier molecular flexibility index (Phi) is 5.43. The predicted molar refractivity (Wildman–Crippen MR) is 194 cm³/mol. The van der Waals surface area contributed by atoms with Crippen molar-refractivity contribution in [1.29, 1.82) is 0 Å². The van der Waals surface area contributed by atoms with E-state index in [1.165, 1.54) is 83.8 Å². The summed E-state index contributed by atoms with van der Waals surface area (Å²) in [5.74, 6) is 0. The number of fused-ring (bicyclic) bond motifs is 9. The van der Waals surface area contributed by atoms with Crippen molar-refractivity contribution in [2.24, 2.45) is 0 Å². The maximum Gasteiger partial charge on any atom is 0.0468 e. The van der Waals surface area contributed by atoms with E-state index in [9.17, 15) is 0 Å². The molecule has 1 heteroatoms.